The number of aromatic nitrogens is 3. The molecule has 128 valence electrons. The van der Waals surface area contributed by atoms with E-state index in [4.69, 9.17) is 4.74 Å². The van der Waals surface area contributed by atoms with E-state index >= 15 is 0 Å². The first kappa shape index (κ1) is 16.7. The van der Waals surface area contributed by atoms with Gasteiger partial charge in [0.1, 0.15) is 5.82 Å². The summed E-state index contributed by atoms with van der Waals surface area (Å²) in [4.78, 5) is 14.2. The van der Waals surface area contributed by atoms with Crippen LogP contribution in [0.2, 0.25) is 0 Å². The average Bonchev–Trinajstić information content (AvgIpc) is 3.29. The van der Waals surface area contributed by atoms with Gasteiger partial charge in [0.05, 0.1) is 24.9 Å². The molecular weight excluding hydrogens is 314 g/mol. The van der Waals surface area contributed by atoms with Crippen molar-refractivity contribution in [2.75, 3.05) is 32.5 Å². The molecule has 0 aromatic carbocycles. The van der Waals surface area contributed by atoms with Crippen molar-refractivity contribution in [2.45, 2.75) is 50.0 Å². The molecule has 1 atom stereocenters. The normalized spacial score (nSPS) is 21.3. The van der Waals surface area contributed by atoms with Crippen LogP contribution in [0.25, 0.3) is 0 Å². The zero-order valence-electron chi connectivity index (χ0n) is 13.7. The van der Waals surface area contributed by atoms with Crippen molar-refractivity contribution in [1.29, 1.82) is 0 Å². The summed E-state index contributed by atoms with van der Waals surface area (Å²) in [6.07, 6.45) is 4.67. The van der Waals surface area contributed by atoms with Gasteiger partial charge in [0.15, 0.2) is 5.16 Å². The largest absolute Gasteiger partial charge is 0.376 e. The predicted molar refractivity (Wildman–Crippen MR) is 88.3 cm³/mol. The van der Waals surface area contributed by atoms with Crippen molar-refractivity contribution >= 4 is 17.7 Å². The number of carbonyl (C=O) groups excluding carboxylic acids is 1. The highest BCUT2D eigenvalue weighted by Gasteiger charge is 2.23. The highest BCUT2D eigenvalue weighted by molar-refractivity contribution is 7.99. The third kappa shape index (κ3) is 4.24. The van der Waals surface area contributed by atoms with Gasteiger partial charge in [-0.15, -0.1) is 10.2 Å². The molecule has 0 unspecified atom stereocenters. The summed E-state index contributed by atoms with van der Waals surface area (Å²) in [6, 6.07) is 0. The number of rotatable bonds is 7. The molecule has 1 aromatic heterocycles. The molecule has 0 saturated carbocycles. The molecule has 1 N–H and O–H groups in total. The Bertz CT molecular complexity index is 524. The molecule has 7 nitrogen and oxygen atoms in total. The van der Waals surface area contributed by atoms with E-state index < -0.39 is 0 Å². The molecule has 1 aromatic rings. The van der Waals surface area contributed by atoms with Crippen molar-refractivity contribution < 1.29 is 9.53 Å². The number of hydrogen-bond donors (Lipinski definition) is 1. The summed E-state index contributed by atoms with van der Waals surface area (Å²) < 4.78 is 7.85. The maximum absolute atomic E-state index is 12.2. The van der Waals surface area contributed by atoms with Crippen LogP contribution < -0.4 is 5.32 Å². The molecule has 0 spiro atoms. The minimum atomic E-state index is 0.203. The number of carbonyl (C=O) groups is 1. The maximum Gasteiger partial charge on any atom is 0.233 e. The molecule has 2 aliphatic rings. The van der Waals surface area contributed by atoms with Crippen LogP contribution in [0.5, 0.6) is 0 Å². The molecule has 23 heavy (non-hydrogen) atoms. The number of nitrogens with zero attached hydrogens (tertiary/aromatic N) is 4. The van der Waals surface area contributed by atoms with Gasteiger partial charge in [-0.05, 0) is 32.7 Å². The molecule has 3 rings (SSSR count). The molecule has 2 aliphatic heterocycles. The summed E-state index contributed by atoms with van der Waals surface area (Å²) >= 11 is 1.49. The highest BCUT2D eigenvalue weighted by atomic mass is 32.2. The van der Waals surface area contributed by atoms with Gasteiger partial charge in [-0.1, -0.05) is 11.8 Å². The van der Waals surface area contributed by atoms with Gasteiger partial charge in [0, 0.05) is 19.7 Å². The van der Waals surface area contributed by atoms with Crippen LogP contribution in [0.3, 0.4) is 0 Å². The van der Waals surface area contributed by atoms with Crippen LogP contribution in [0.1, 0.15) is 31.5 Å². The predicted octanol–water partition coefficient (Wildman–Crippen LogP) is 0.891. The van der Waals surface area contributed by atoms with Crippen LogP contribution in [-0.4, -0.2) is 64.2 Å². The topological polar surface area (TPSA) is 72.3 Å². The van der Waals surface area contributed by atoms with E-state index in [9.17, 15) is 4.79 Å². The second-order valence-corrected chi connectivity index (χ2v) is 6.99. The Morgan fingerprint density at radius 2 is 2.17 bits per heavy atom. The van der Waals surface area contributed by atoms with Gasteiger partial charge in [0.2, 0.25) is 5.91 Å². The Balaban J connectivity index is 1.63. The van der Waals surface area contributed by atoms with E-state index in [-0.39, 0.29) is 12.0 Å². The van der Waals surface area contributed by atoms with Crippen LogP contribution in [0.4, 0.5) is 0 Å². The number of thioether (sulfide) groups is 1. The summed E-state index contributed by atoms with van der Waals surface area (Å²) in [7, 11) is 1.90. The Kier molecular flexibility index (Phi) is 5.91. The Morgan fingerprint density at radius 1 is 1.35 bits per heavy atom. The van der Waals surface area contributed by atoms with Crippen molar-refractivity contribution in [1.82, 2.24) is 25.0 Å². The van der Waals surface area contributed by atoms with Gasteiger partial charge >= 0.3 is 0 Å². The van der Waals surface area contributed by atoms with Crippen LogP contribution in [0.15, 0.2) is 5.16 Å². The molecule has 0 radical (unpaired) electrons. The first-order valence-corrected chi connectivity index (χ1v) is 9.35. The Hall–Kier alpha value is -1.12. The fourth-order valence-corrected chi connectivity index (χ4v) is 3.94. The Morgan fingerprint density at radius 3 is 2.87 bits per heavy atom. The van der Waals surface area contributed by atoms with E-state index in [1.54, 1.807) is 0 Å². The van der Waals surface area contributed by atoms with Crippen LogP contribution in [0, 0.1) is 0 Å². The number of ether oxygens (including phenoxy) is 1. The van der Waals surface area contributed by atoms with E-state index in [0.29, 0.717) is 12.3 Å². The van der Waals surface area contributed by atoms with E-state index in [1.165, 1.54) is 11.8 Å². The zero-order chi connectivity index (χ0) is 16.1. The maximum atomic E-state index is 12.2. The lowest BCUT2D eigenvalue weighted by atomic mass is 10.2. The highest BCUT2D eigenvalue weighted by Crippen LogP contribution is 2.22. The lowest BCUT2D eigenvalue weighted by molar-refractivity contribution is -0.127. The van der Waals surface area contributed by atoms with Gasteiger partial charge in [0.25, 0.3) is 0 Å². The third-order valence-electron chi connectivity index (χ3n) is 4.32. The second-order valence-electron chi connectivity index (χ2n) is 6.05. The van der Waals surface area contributed by atoms with Crippen molar-refractivity contribution in [3.63, 3.8) is 0 Å². The minimum absolute atomic E-state index is 0.203. The number of nitrogens with one attached hydrogen (secondary N) is 1. The number of hydrogen-bond acceptors (Lipinski definition) is 6. The number of likely N-dealkylation sites (tertiary alicyclic amines) is 1. The van der Waals surface area contributed by atoms with Crippen molar-refractivity contribution in [3.8, 4) is 0 Å². The summed E-state index contributed by atoms with van der Waals surface area (Å²) in [5.41, 5.74) is 0. The fourth-order valence-electron chi connectivity index (χ4n) is 3.07. The third-order valence-corrected chi connectivity index (χ3v) is 5.27. The van der Waals surface area contributed by atoms with Crippen LogP contribution >= 0.6 is 11.8 Å². The minimum Gasteiger partial charge on any atom is -0.376 e. The summed E-state index contributed by atoms with van der Waals surface area (Å²) in [6.45, 7) is 4.06. The van der Waals surface area contributed by atoms with E-state index in [2.05, 4.69) is 20.1 Å². The second kappa shape index (κ2) is 8.12. The summed E-state index contributed by atoms with van der Waals surface area (Å²) in [5.74, 6) is 1.54. The molecule has 8 heteroatoms. The first-order chi connectivity index (χ1) is 11.3. The van der Waals surface area contributed by atoms with Crippen molar-refractivity contribution in [2.24, 2.45) is 0 Å². The lowest BCUT2D eigenvalue weighted by Gasteiger charge is -2.16. The summed E-state index contributed by atoms with van der Waals surface area (Å²) in [5, 5.41) is 12.5. The molecule has 1 amide bonds. The van der Waals surface area contributed by atoms with Gasteiger partial charge in [-0.3, -0.25) is 4.79 Å². The van der Waals surface area contributed by atoms with Gasteiger partial charge < -0.3 is 19.5 Å². The average molecular weight is 339 g/mol. The van der Waals surface area contributed by atoms with Crippen LogP contribution in [-0.2, 0) is 22.6 Å². The number of amides is 1. The molecule has 2 fully saturated rings. The van der Waals surface area contributed by atoms with E-state index in [1.807, 2.05) is 11.9 Å². The monoisotopic (exact) mass is 339 g/mol. The molecule has 0 bridgehead atoms. The first-order valence-electron chi connectivity index (χ1n) is 8.37. The molecule has 3 heterocycles. The van der Waals surface area contributed by atoms with Crippen molar-refractivity contribution in [3.05, 3.63) is 5.82 Å². The molecular formula is C15H25N5O2S. The zero-order valence-corrected chi connectivity index (χ0v) is 14.5. The van der Waals surface area contributed by atoms with Gasteiger partial charge in [-0.2, -0.15) is 0 Å². The molecule has 0 aliphatic carbocycles. The fraction of sp³-hybridized carbons (Fsp3) is 0.800. The SMILES string of the molecule is CNCc1nnc(SCC(=O)N2CCCC2)n1C[C@@H]1CCCO1. The smallest absolute Gasteiger partial charge is 0.233 e. The lowest BCUT2D eigenvalue weighted by Crippen LogP contribution is -2.29. The standard InChI is InChI=1S/C15H25N5O2S/c1-16-9-13-17-18-15(20(13)10-12-5-4-8-22-12)23-11-14(21)19-6-2-3-7-19/h12,16H,2-11H2,1H3/t12-/m0/s1. The quantitative estimate of drug-likeness (QED) is 0.744. The Labute approximate surface area is 141 Å². The van der Waals surface area contributed by atoms with E-state index in [0.717, 1.165) is 62.9 Å². The van der Waals surface area contributed by atoms with Gasteiger partial charge in [-0.25, -0.2) is 0 Å². The molecule has 2 saturated heterocycles.